The second-order valence-corrected chi connectivity index (χ2v) is 9.08. The Morgan fingerprint density at radius 3 is 2.59 bits per heavy atom. The highest BCUT2D eigenvalue weighted by atomic mass is 16.5. The molecule has 5 rings (SSSR count). The third kappa shape index (κ3) is 2.69. The van der Waals surface area contributed by atoms with Crippen LogP contribution >= 0.6 is 0 Å². The van der Waals surface area contributed by atoms with E-state index in [1.54, 1.807) is 11.1 Å². The second-order valence-electron chi connectivity index (χ2n) is 9.08. The summed E-state index contributed by atoms with van der Waals surface area (Å²) in [4.78, 5) is 14.6. The maximum absolute atomic E-state index is 12.8. The summed E-state index contributed by atoms with van der Waals surface area (Å²) >= 11 is 0. The zero-order valence-corrected chi connectivity index (χ0v) is 16.0. The van der Waals surface area contributed by atoms with Crippen molar-refractivity contribution in [3.05, 3.63) is 63.9 Å². The number of likely N-dealkylation sites (tertiary alicyclic amines) is 1. The van der Waals surface area contributed by atoms with Crippen molar-refractivity contribution >= 4 is 5.91 Å². The van der Waals surface area contributed by atoms with E-state index in [9.17, 15) is 10.0 Å². The molecule has 0 radical (unpaired) electrons. The molecule has 142 valence electrons. The van der Waals surface area contributed by atoms with Crippen molar-refractivity contribution in [3.63, 3.8) is 0 Å². The van der Waals surface area contributed by atoms with Crippen LogP contribution in [0, 0.1) is 5.21 Å². The van der Waals surface area contributed by atoms with E-state index in [4.69, 9.17) is 0 Å². The maximum Gasteiger partial charge on any atom is 0.253 e. The molecule has 4 nitrogen and oxygen atoms in total. The van der Waals surface area contributed by atoms with Crippen LogP contribution < -0.4 is 0 Å². The lowest BCUT2D eigenvalue weighted by atomic mass is 9.73. The normalized spacial score (nSPS) is 29.3. The average Bonchev–Trinajstić information content (AvgIpc) is 3.25. The molecule has 4 heteroatoms. The first-order valence-corrected chi connectivity index (χ1v) is 10.2. The van der Waals surface area contributed by atoms with Crippen LogP contribution in [0.4, 0.5) is 0 Å². The third-order valence-corrected chi connectivity index (χ3v) is 7.19. The summed E-state index contributed by atoms with van der Waals surface area (Å²) in [5, 5.41) is 13.2. The molecule has 0 saturated carbocycles. The number of hydrogen-bond acceptors (Lipinski definition) is 3. The fourth-order valence-corrected chi connectivity index (χ4v) is 5.43. The van der Waals surface area contributed by atoms with Crippen LogP contribution in [0.15, 0.2) is 47.6 Å². The van der Waals surface area contributed by atoms with E-state index >= 15 is 0 Å². The van der Waals surface area contributed by atoms with Gasteiger partial charge in [-0.05, 0) is 68.3 Å². The van der Waals surface area contributed by atoms with Crippen molar-refractivity contribution in [2.24, 2.45) is 0 Å². The van der Waals surface area contributed by atoms with Crippen molar-refractivity contribution in [1.82, 2.24) is 9.96 Å². The molecule has 2 saturated heterocycles. The number of nitrogens with zero attached hydrogens (tertiary/aromatic N) is 2. The molecule has 1 spiro atoms. The highest BCUT2D eigenvalue weighted by Gasteiger charge is 2.48. The van der Waals surface area contributed by atoms with Gasteiger partial charge in [0, 0.05) is 29.6 Å². The number of carbonyl (C=O) groups excluding carboxylic acids is 1. The first-order chi connectivity index (χ1) is 13.0. The molecule has 2 fully saturated rings. The molecule has 1 unspecified atom stereocenters. The molecule has 1 aromatic rings. The largest absolute Gasteiger partial charge is 0.785 e. The van der Waals surface area contributed by atoms with Crippen LogP contribution in [0.1, 0.15) is 61.4 Å². The predicted molar refractivity (Wildman–Crippen MR) is 106 cm³/mol. The molecule has 0 N–H and O–H groups in total. The average molecular weight is 363 g/mol. The number of carbonyl (C=O) groups is 1. The van der Waals surface area contributed by atoms with Gasteiger partial charge in [0.05, 0.1) is 0 Å². The van der Waals surface area contributed by atoms with Gasteiger partial charge in [-0.1, -0.05) is 36.8 Å². The fraction of sp³-hybridized carbons (Fsp3) is 0.522. The van der Waals surface area contributed by atoms with Crippen molar-refractivity contribution in [2.75, 3.05) is 19.6 Å². The van der Waals surface area contributed by atoms with Gasteiger partial charge >= 0.3 is 0 Å². The summed E-state index contributed by atoms with van der Waals surface area (Å²) in [5.41, 5.74) is 4.90. The molecule has 1 aromatic carbocycles. The summed E-state index contributed by atoms with van der Waals surface area (Å²) in [6.45, 7) is 4.06. The Kier molecular flexibility index (Phi) is 3.85. The molecule has 2 aliphatic carbocycles. The Morgan fingerprint density at radius 1 is 1.11 bits per heavy atom. The molecular weight excluding hydrogens is 336 g/mol. The topological polar surface area (TPSA) is 46.6 Å². The predicted octanol–water partition coefficient (Wildman–Crippen LogP) is 4.17. The number of hydroxylamine groups is 2. The van der Waals surface area contributed by atoms with Gasteiger partial charge in [-0.3, -0.25) is 4.79 Å². The van der Waals surface area contributed by atoms with E-state index < -0.39 is 0 Å². The number of rotatable bonds is 2. The van der Waals surface area contributed by atoms with Gasteiger partial charge in [0.25, 0.3) is 5.91 Å². The van der Waals surface area contributed by atoms with Gasteiger partial charge in [0.1, 0.15) is 0 Å². The highest BCUT2D eigenvalue weighted by Crippen LogP contribution is 2.43. The Labute approximate surface area is 161 Å². The highest BCUT2D eigenvalue weighted by molar-refractivity contribution is 5.95. The first kappa shape index (κ1) is 17.2. The number of allylic oxidation sites excluding steroid dienone is 4. The van der Waals surface area contributed by atoms with E-state index in [2.05, 4.69) is 31.2 Å². The molecule has 2 aliphatic heterocycles. The van der Waals surface area contributed by atoms with Gasteiger partial charge in [0.2, 0.25) is 0 Å². The minimum atomic E-state index is -0.289. The van der Waals surface area contributed by atoms with Crippen LogP contribution in [-0.2, 0) is 5.41 Å². The van der Waals surface area contributed by atoms with E-state index in [-0.39, 0.29) is 16.9 Å². The Balaban J connectivity index is 1.28. The van der Waals surface area contributed by atoms with Crippen molar-refractivity contribution in [3.8, 4) is 0 Å². The zero-order chi connectivity index (χ0) is 18.6. The quantitative estimate of drug-likeness (QED) is 0.792. The van der Waals surface area contributed by atoms with Crippen molar-refractivity contribution < 1.29 is 4.79 Å². The smallest absolute Gasteiger partial charge is 0.253 e. The summed E-state index contributed by atoms with van der Waals surface area (Å²) in [7, 11) is 0. The van der Waals surface area contributed by atoms with Crippen LogP contribution in [0.3, 0.4) is 0 Å². The van der Waals surface area contributed by atoms with Crippen LogP contribution in [0.5, 0.6) is 0 Å². The van der Waals surface area contributed by atoms with E-state index in [0.717, 1.165) is 24.8 Å². The zero-order valence-electron chi connectivity index (χ0n) is 16.0. The molecule has 27 heavy (non-hydrogen) atoms. The first-order valence-electron chi connectivity index (χ1n) is 10.2. The van der Waals surface area contributed by atoms with Crippen molar-refractivity contribution in [1.29, 1.82) is 0 Å². The van der Waals surface area contributed by atoms with Gasteiger partial charge in [-0.2, -0.15) is 0 Å². The standard InChI is InChI=1S/C23H27N2O2/c1-22(12-10-17-4-2-5-19(17)14-22)20-8-6-18(7-9-20)21(26)24-15-23(16-24)11-3-13-25(23)27/h6-10,12H,2-5,11,13-16H2,1H3/q-1. The molecule has 2 heterocycles. The lowest BCUT2D eigenvalue weighted by Gasteiger charge is -2.55. The molecule has 0 bridgehead atoms. The Bertz CT molecular complexity index is 832. The van der Waals surface area contributed by atoms with Crippen molar-refractivity contribution in [2.45, 2.75) is 56.4 Å². The van der Waals surface area contributed by atoms with Gasteiger partial charge < -0.3 is 15.2 Å². The summed E-state index contributed by atoms with van der Waals surface area (Å²) in [6, 6.07) is 8.15. The van der Waals surface area contributed by atoms with E-state index in [1.165, 1.54) is 29.9 Å². The van der Waals surface area contributed by atoms with Crippen LogP contribution in [-0.4, -0.2) is 41.0 Å². The minimum absolute atomic E-state index is 0.0263. The molecular formula is C23H27N2O2-. The number of hydrogen-bond donors (Lipinski definition) is 0. The molecule has 4 aliphatic rings. The van der Waals surface area contributed by atoms with Crippen LogP contribution in [0.2, 0.25) is 0 Å². The molecule has 1 atom stereocenters. The van der Waals surface area contributed by atoms with Gasteiger partial charge in [0.15, 0.2) is 0 Å². The van der Waals surface area contributed by atoms with Gasteiger partial charge in [-0.15, -0.1) is 0 Å². The SMILES string of the molecule is CC1(c2ccc(C(=O)N3CC4(CCCN4[O-])C3)cc2)C=CC2=C(CCC2)C1. The monoisotopic (exact) mass is 363 g/mol. The van der Waals surface area contributed by atoms with Gasteiger partial charge in [-0.25, -0.2) is 0 Å². The number of benzene rings is 1. The molecule has 0 aromatic heterocycles. The maximum atomic E-state index is 12.8. The lowest BCUT2D eigenvalue weighted by molar-refractivity contribution is 0.000629. The number of amides is 1. The Morgan fingerprint density at radius 2 is 1.89 bits per heavy atom. The minimum Gasteiger partial charge on any atom is -0.785 e. The van der Waals surface area contributed by atoms with Crippen LogP contribution in [0.25, 0.3) is 0 Å². The summed E-state index contributed by atoms with van der Waals surface area (Å²) in [6.07, 6.45) is 11.4. The summed E-state index contributed by atoms with van der Waals surface area (Å²) in [5.74, 6) is 0.0533. The van der Waals surface area contributed by atoms with E-state index in [1.807, 2.05) is 17.0 Å². The Hall–Kier alpha value is -1.91. The lowest BCUT2D eigenvalue weighted by Crippen LogP contribution is -2.67. The molecule has 1 amide bonds. The third-order valence-electron chi connectivity index (χ3n) is 7.19. The second kappa shape index (κ2) is 6.05. The van der Waals surface area contributed by atoms with E-state index in [0.29, 0.717) is 19.6 Å². The summed E-state index contributed by atoms with van der Waals surface area (Å²) < 4.78 is 0. The fourth-order valence-electron chi connectivity index (χ4n) is 5.43.